The van der Waals surface area contributed by atoms with Crippen LogP contribution in [0.25, 0.3) is 0 Å². The van der Waals surface area contributed by atoms with Gasteiger partial charge in [-0.1, -0.05) is 13.3 Å². The highest BCUT2D eigenvalue weighted by Gasteiger charge is 2.06. The van der Waals surface area contributed by atoms with Crippen LogP contribution in [0.1, 0.15) is 25.6 Å². The fourth-order valence-electron chi connectivity index (χ4n) is 1.57. The number of aliphatic hydroxyl groups excluding tert-OH is 1. The topological polar surface area (TPSA) is 79.3 Å². The molecule has 0 spiro atoms. The van der Waals surface area contributed by atoms with Crippen LogP contribution in [-0.2, 0) is 11.3 Å². The summed E-state index contributed by atoms with van der Waals surface area (Å²) in [6.07, 6.45) is 1.39. The third-order valence-electron chi connectivity index (χ3n) is 2.44. The second-order valence-corrected chi connectivity index (χ2v) is 4.06. The molecule has 6 nitrogen and oxygen atoms in total. The Balaban J connectivity index is 2.65. The zero-order valence-corrected chi connectivity index (χ0v) is 11.2. The SMILES string of the molecule is CCCC(O)CNc1cc(NC)nc(COC)n1. The molecule has 1 aromatic heterocycles. The maximum absolute atomic E-state index is 9.66. The Morgan fingerprint density at radius 1 is 1.39 bits per heavy atom. The van der Waals surface area contributed by atoms with Crippen molar-refractivity contribution in [2.75, 3.05) is 31.3 Å². The van der Waals surface area contributed by atoms with Gasteiger partial charge in [-0.15, -0.1) is 0 Å². The lowest BCUT2D eigenvalue weighted by molar-refractivity contribution is 0.175. The Kier molecular flexibility index (Phi) is 6.38. The maximum Gasteiger partial charge on any atom is 0.158 e. The predicted octanol–water partition coefficient (Wildman–Crippen LogP) is 1.24. The van der Waals surface area contributed by atoms with Gasteiger partial charge in [-0.3, -0.25) is 0 Å². The van der Waals surface area contributed by atoms with Crippen molar-refractivity contribution in [1.29, 1.82) is 0 Å². The van der Waals surface area contributed by atoms with Crippen LogP contribution >= 0.6 is 0 Å². The fraction of sp³-hybridized carbons (Fsp3) is 0.667. The minimum atomic E-state index is -0.353. The Labute approximate surface area is 108 Å². The summed E-state index contributed by atoms with van der Waals surface area (Å²) in [7, 11) is 3.40. The Hall–Kier alpha value is -1.40. The molecule has 0 saturated carbocycles. The zero-order valence-electron chi connectivity index (χ0n) is 11.2. The zero-order chi connectivity index (χ0) is 13.4. The summed E-state index contributed by atoms with van der Waals surface area (Å²) in [6.45, 7) is 2.89. The number of hydrogen-bond donors (Lipinski definition) is 3. The largest absolute Gasteiger partial charge is 0.391 e. The molecule has 102 valence electrons. The summed E-state index contributed by atoms with van der Waals surface area (Å²) < 4.78 is 5.02. The first-order valence-corrected chi connectivity index (χ1v) is 6.16. The lowest BCUT2D eigenvalue weighted by Gasteiger charge is -2.12. The highest BCUT2D eigenvalue weighted by Crippen LogP contribution is 2.11. The first-order valence-electron chi connectivity index (χ1n) is 6.16. The van der Waals surface area contributed by atoms with Gasteiger partial charge in [-0.05, 0) is 6.42 Å². The molecule has 0 fully saturated rings. The van der Waals surface area contributed by atoms with Crippen LogP contribution in [0.15, 0.2) is 6.07 Å². The number of nitrogens with one attached hydrogen (secondary N) is 2. The maximum atomic E-state index is 9.66. The van der Waals surface area contributed by atoms with E-state index in [1.165, 1.54) is 0 Å². The first-order chi connectivity index (χ1) is 8.69. The van der Waals surface area contributed by atoms with Crippen LogP contribution in [0.4, 0.5) is 11.6 Å². The van der Waals surface area contributed by atoms with Crippen LogP contribution < -0.4 is 10.6 Å². The number of rotatable bonds is 8. The highest BCUT2D eigenvalue weighted by atomic mass is 16.5. The number of anilines is 2. The van der Waals surface area contributed by atoms with Crippen molar-refractivity contribution in [3.63, 3.8) is 0 Å². The fourth-order valence-corrected chi connectivity index (χ4v) is 1.57. The molecule has 1 rings (SSSR count). The van der Waals surface area contributed by atoms with E-state index in [4.69, 9.17) is 4.74 Å². The number of nitrogens with zero attached hydrogens (tertiary/aromatic N) is 2. The number of aliphatic hydroxyl groups is 1. The molecule has 18 heavy (non-hydrogen) atoms. The Morgan fingerprint density at radius 3 is 2.72 bits per heavy atom. The molecule has 0 amide bonds. The van der Waals surface area contributed by atoms with Crippen molar-refractivity contribution in [3.05, 3.63) is 11.9 Å². The van der Waals surface area contributed by atoms with Gasteiger partial charge >= 0.3 is 0 Å². The van der Waals surface area contributed by atoms with Gasteiger partial charge in [-0.25, -0.2) is 9.97 Å². The molecule has 0 radical (unpaired) electrons. The Morgan fingerprint density at radius 2 is 2.11 bits per heavy atom. The lowest BCUT2D eigenvalue weighted by atomic mass is 10.2. The van der Waals surface area contributed by atoms with Gasteiger partial charge in [0.1, 0.15) is 18.2 Å². The minimum absolute atomic E-state index is 0.353. The molecule has 1 atom stereocenters. The van der Waals surface area contributed by atoms with E-state index in [-0.39, 0.29) is 6.10 Å². The van der Waals surface area contributed by atoms with E-state index in [0.29, 0.717) is 24.8 Å². The van der Waals surface area contributed by atoms with Crippen molar-refractivity contribution in [3.8, 4) is 0 Å². The molecule has 6 heteroatoms. The molecule has 1 unspecified atom stereocenters. The monoisotopic (exact) mass is 254 g/mol. The molecular formula is C12H22N4O2. The van der Waals surface area contributed by atoms with Crippen LogP contribution in [0.2, 0.25) is 0 Å². The lowest BCUT2D eigenvalue weighted by Crippen LogP contribution is -2.20. The van der Waals surface area contributed by atoms with Crippen molar-refractivity contribution >= 4 is 11.6 Å². The molecule has 1 heterocycles. The smallest absolute Gasteiger partial charge is 0.158 e. The molecule has 0 aliphatic carbocycles. The average Bonchev–Trinajstić information content (AvgIpc) is 2.37. The first kappa shape index (κ1) is 14.7. The van der Waals surface area contributed by atoms with Gasteiger partial charge in [0.25, 0.3) is 0 Å². The van der Waals surface area contributed by atoms with Crippen LogP contribution in [0.5, 0.6) is 0 Å². The summed E-state index contributed by atoms with van der Waals surface area (Å²) in [5.41, 5.74) is 0. The second-order valence-electron chi connectivity index (χ2n) is 4.06. The van der Waals surface area contributed by atoms with Crippen molar-refractivity contribution in [2.24, 2.45) is 0 Å². The van der Waals surface area contributed by atoms with Gasteiger partial charge in [0.15, 0.2) is 5.82 Å². The molecule has 0 saturated heterocycles. The molecule has 0 aliphatic rings. The van der Waals surface area contributed by atoms with E-state index in [1.807, 2.05) is 6.92 Å². The van der Waals surface area contributed by atoms with Gasteiger partial charge in [0, 0.05) is 26.8 Å². The van der Waals surface area contributed by atoms with Gasteiger partial charge < -0.3 is 20.5 Å². The van der Waals surface area contributed by atoms with Gasteiger partial charge in [0.05, 0.1) is 6.10 Å². The molecule has 0 aromatic carbocycles. The summed E-state index contributed by atoms with van der Waals surface area (Å²) in [5.74, 6) is 2.03. The van der Waals surface area contributed by atoms with E-state index >= 15 is 0 Å². The Bertz CT molecular complexity index is 360. The number of ether oxygens (including phenoxy) is 1. The number of methoxy groups -OCH3 is 1. The second kappa shape index (κ2) is 7.84. The summed E-state index contributed by atoms with van der Waals surface area (Å²) in [6, 6.07) is 1.80. The van der Waals surface area contributed by atoms with E-state index in [9.17, 15) is 5.11 Å². The molecule has 0 bridgehead atoms. The number of aromatic nitrogens is 2. The van der Waals surface area contributed by atoms with Crippen molar-refractivity contribution in [2.45, 2.75) is 32.5 Å². The molecule has 3 N–H and O–H groups in total. The van der Waals surface area contributed by atoms with Gasteiger partial charge in [-0.2, -0.15) is 0 Å². The minimum Gasteiger partial charge on any atom is -0.391 e. The van der Waals surface area contributed by atoms with Crippen LogP contribution in [0, 0.1) is 0 Å². The number of hydrogen-bond acceptors (Lipinski definition) is 6. The van der Waals surface area contributed by atoms with Crippen molar-refractivity contribution in [1.82, 2.24) is 9.97 Å². The van der Waals surface area contributed by atoms with E-state index in [1.54, 1.807) is 20.2 Å². The standard InChI is InChI=1S/C12H22N4O2/c1-4-5-9(17)7-14-11-6-10(13-2)15-12(16-11)8-18-3/h6,9,17H,4-5,7-8H2,1-3H3,(H2,13,14,15,16). The van der Waals surface area contributed by atoms with Crippen LogP contribution in [0.3, 0.4) is 0 Å². The third-order valence-corrected chi connectivity index (χ3v) is 2.44. The van der Waals surface area contributed by atoms with E-state index < -0.39 is 0 Å². The predicted molar refractivity (Wildman–Crippen MR) is 71.7 cm³/mol. The van der Waals surface area contributed by atoms with Crippen LogP contribution in [-0.4, -0.2) is 41.9 Å². The van der Waals surface area contributed by atoms with Crippen molar-refractivity contribution < 1.29 is 9.84 Å². The van der Waals surface area contributed by atoms with E-state index in [0.717, 1.165) is 18.7 Å². The molecule has 0 aliphatic heterocycles. The quantitative estimate of drug-likeness (QED) is 0.647. The van der Waals surface area contributed by atoms with E-state index in [2.05, 4.69) is 20.6 Å². The summed E-state index contributed by atoms with van der Waals surface area (Å²) in [5, 5.41) is 15.7. The molecule has 1 aromatic rings. The highest BCUT2D eigenvalue weighted by molar-refractivity contribution is 5.47. The van der Waals surface area contributed by atoms with Gasteiger partial charge in [0.2, 0.25) is 0 Å². The summed E-state index contributed by atoms with van der Waals surface area (Å²) in [4.78, 5) is 8.56. The third kappa shape index (κ3) is 4.85. The average molecular weight is 254 g/mol. The molecular weight excluding hydrogens is 232 g/mol. The normalized spacial score (nSPS) is 12.2. The summed E-state index contributed by atoms with van der Waals surface area (Å²) >= 11 is 0.